The molecule has 724 valence electrons. The summed E-state index contributed by atoms with van der Waals surface area (Å²) in [4.78, 5) is 285. The second-order valence-corrected chi connectivity index (χ2v) is 35.5. The minimum atomic E-state index is -1.81. The fraction of sp³-hybridized carbons (Fsp3) is 0.544. The molecule has 5 aromatic rings. The van der Waals surface area contributed by atoms with Crippen LogP contribution in [0.3, 0.4) is 0 Å². The van der Waals surface area contributed by atoms with Gasteiger partial charge in [-0.3, -0.25) is 91.1 Å². The van der Waals surface area contributed by atoms with Crippen LogP contribution in [0.1, 0.15) is 154 Å². The molecule has 0 aliphatic carbocycles. The lowest BCUT2D eigenvalue weighted by molar-refractivity contribution is -0.149. The molecule has 2 aromatic heterocycles. The Labute approximate surface area is 772 Å². The van der Waals surface area contributed by atoms with E-state index in [1.165, 1.54) is 52.3 Å². The van der Waals surface area contributed by atoms with Crippen LogP contribution in [0.15, 0.2) is 85.2 Å². The molecule has 42 nitrogen and oxygen atoms in total. The van der Waals surface area contributed by atoms with Crippen molar-refractivity contribution < 1.29 is 112 Å². The van der Waals surface area contributed by atoms with Gasteiger partial charge in [0.2, 0.25) is 94.5 Å². The van der Waals surface area contributed by atoms with E-state index >= 15 is 33.6 Å². The smallest absolute Gasteiger partial charge is 0.303 e. The van der Waals surface area contributed by atoms with E-state index < -0.39 is 272 Å². The van der Waals surface area contributed by atoms with Crippen molar-refractivity contribution in [3.05, 3.63) is 102 Å². The minimum absolute atomic E-state index is 0.0306. The molecule has 5 heterocycles. The zero-order valence-corrected chi connectivity index (χ0v) is 76.7. The third kappa shape index (κ3) is 29.7. The normalized spacial score (nSPS) is 25.0. The van der Waals surface area contributed by atoms with Gasteiger partial charge >= 0.3 is 11.9 Å². The molecule has 43 heteroatoms. The molecule has 8 rings (SSSR count). The van der Waals surface area contributed by atoms with Gasteiger partial charge in [-0.25, -0.2) is 0 Å². The van der Waals surface area contributed by atoms with E-state index in [9.17, 15) is 78.0 Å². The summed E-state index contributed by atoms with van der Waals surface area (Å²) in [7, 11) is 3.77. The van der Waals surface area contributed by atoms with Gasteiger partial charge in [-0.1, -0.05) is 102 Å². The highest BCUT2D eigenvalue weighted by atomic mass is 32.2. The SMILES string of the molecule is CCCC[C@H]1C(=O)N(C)[C@@H](CCCC)C(=O)N[C@@H](CCC(=O)O)C(=O)N[C@H](C(=O)NCC(N)=O)CSCC(=O)N[C@@H](Cc2ccc(O)cc2)C(=O)N(C)[C@@H](C)C(=O)N[C@@H](CC(N)=O)C(=O)N2CCC[C@H]2C(=O)N[C@@H](CN)C(=O)N[C@@H](CC(C)C)C(=O)N2C[C@H](O)C[C@H]2C(=O)C[C@@H](Cc2c[nH]c3ccccc23)C(=O)N[C@@H](CCC(=O)O)C(=O)N[C@@H](Cc2c[nH]c3ccccc23)C(=O)N1C. The van der Waals surface area contributed by atoms with Crippen LogP contribution in [0.2, 0.25) is 0 Å². The van der Waals surface area contributed by atoms with Gasteiger partial charge in [0.25, 0.3) is 0 Å². The van der Waals surface area contributed by atoms with E-state index in [1.807, 2.05) is 6.92 Å². The number of nitrogens with two attached hydrogens (primary N) is 3. The third-order valence-electron chi connectivity index (χ3n) is 24.0. The highest BCUT2D eigenvalue weighted by Gasteiger charge is 2.47. The maximum Gasteiger partial charge on any atom is 0.303 e. The summed E-state index contributed by atoms with van der Waals surface area (Å²) in [6.45, 7) is 6.35. The number of carbonyl (C=O) groups is 19. The molecule has 0 bridgehead atoms. The molecule has 3 aliphatic rings. The van der Waals surface area contributed by atoms with Crippen LogP contribution in [0, 0.1) is 11.8 Å². The van der Waals surface area contributed by atoms with Crippen LogP contribution < -0.4 is 65.1 Å². The third-order valence-corrected chi connectivity index (χ3v) is 25.0. The van der Waals surface area contributed by atoms with Gasteiger partial charge in [0, 0.05) is 125 Å². The predicted octanol–water partition coefficient (Wildman–Crippen LogP) is -1.37. The maximum atomic E-state index is 15.8. The number of phenolic OH excluding ortho intramolecular Hbond substituents is 1. The lowest BCUT2D eigenvalue weighted by Gasteiger charge is -2.36. The topological polar surface area (TPSA) is 639 Å². The van der Waals surface area contributed by atoms with Crippen molar-refractivity contribution in [1.29, 1.82) is 0 Å². The van der Waals surface area contributed by atoms with Gasteiger partial charge in [-0.05, 0) is 105 Å². The van der Waals surface area contributed by atoms with Gasteiger partial charge in [0.15, 0.2) is 5.78 Å². The first-order valence-corrected chi connectivity index (χ1v) is 45.8. The number of amides is 16. The Hall–Kier alpha value is -13.1. The number of ketones is 1. The standard InChI is InChI=1S/C90H125N19O23S/c1-9-11-22-68-84(126)99-61(30-32-77(118)119)82(124)104-67(80(122)96-44-74(93)114)46-133-47-75(115)97-63(35-50-25-27-54(110)28-26-50)86(128)105(6)49(5)78(120)100-65(40-73(92)113)88(130)108-33-17-24-69(108)85(127)103-66(41-91)83(125)101-62(34-48(3)4)89(131)109-45-55(111)39-71(109)72(112)38-51(36-52-42-94-58-20-15-13-18-56(52)58)79(121)98-60(29-31-76(116)117)81(123)102-64(37-53-43-95-59-21-16-14-19-57(53)59)87(129)107(8)70(23-12-10-2)90(132)106(68)7/h13-16,18-21,25-28,42-43,48-49,51,55,60-71,94-95,110-111H,9-12,17,22-24,29-41,44-47,91H2,1-8H3,(H2,92,113)(H2,93,114)(H,96,122)(H,97,115)(H,98,121)(H,99,126)(H,100,120)(H,101,125)(H,102,123)(H,103,127)(H,104,124)(H,116,117)(H,118,119)/t49-,51+,55+,60-,61-,62-,63-,64-,65-,66-,67-,68-,69-,70-,71-/m0/s1. The quantitative estimate of drug-likeness (QED) is 0.0304. The molecule has 0 saturated carbocycles. The summed E-state index contributed by atoms with van der Waals surface area (Å²) in [5.74, 6) is -22.5. The molecule has 3 fully saturated rings. The van der Waals surface area contributed by atoms with E-state index in [0.717, 1.165) is 24.5 Å². The number of fused-ring (bicyclic) bond motifs is 4. The number of carbonyl (C=O) groups excluding carboxylic acids is 17. The zero-order chi connectivity index (χ0) is 97.8. The summed E-state index contributed by atoms with van der Waals surface area (Å²) in [5, 5.41) is 66.2. The van der Waals surface area contributed by atoms with Crippen molar-refractivity contribution in [2.45, 2.75) is 241 Å². The van der Waals surface area contributed by atoms with E-state index in [-0.39, 0.29) is 88.8 Å². The Kier molecular flexibility index (Phi) is 39.6. The molecule has 0 radical (unpaired) electrons. The predicted molar refractivity (Wildman–Crippen MR) is 485 cm³/mol. The number of hydrogen-bond acceptors (Lipinski definition) is 23. The number of aromatic amines is 2. The number of rotatable bonds is 26. The van der Waals surface area contributed by atoms with Gasteiger partial charge in [-0.15, -0.1) is 11.8 Å². The Bertz CT molecular complexity index is 5050. The van der Waals surface area contributed by atoms with Crippen LogP contribution >= 0.6 is 11.8 Å². The molecule has 3 aliphatic heterocycles. The van der Waals surface area contributed by atoms with Gasteiger partial charge in [-0.2, -0.15) is 0 Å². The highest BCUT2D eigenvalue weighted by molar-refractivity contribution is 8.00. The number of aliphatic carboxylic acids is 2. The lowest BCUT2D eigenvalue weighted by Crippen LogP contribution is -2.61. The highest BCUT2D eigenvalue weighted by Crippen LogP contribution is 2.30. The molecule has 15 atom stereocenters. The fourth-order valence-electron chi connectivity index (χ4n) is 16.6. The van der Waals surface area contributed by atoms with Crippen molar-refractivity contribution in [3.63, 3.8) is 0 Å². The number of para-hydroxylation sites is 2. The number of aliphatic hydroxyl groups is 1. The zero-order valence-electron chi connectivity index (χ0n) is 75.9. The van der Waals surface area contributed by atoms with Gasteiger partial charge in [0.05, 0.1) is 30.9 Å². The van der Waals surface area contributed by atoms with Crippen LogP contribution in [0.4, 0.5) is 0 Å². The number of likely N-dealkylation sites (N-methyl/N-ethyl adjacent to an activating group) is 3. The number of H-pyrrole nitrogens is 2. The molecule has 133 heavy (non-hydrogen) atoms. The molecule has 21 N–H and O–H groups in total. The Morgan fingerprint density at radius 2 is 1.06 bits per heavy atom. The number of aliphatic hydroxyl groups excluding tert-OH is 1. The molecular weight excluding hydrogens is 1750 g/mol. The number of hydrogen-bond donors (Lipinski definition) is 18. The average Bonchev–Trinajstić information content (AvgIpc) is 1.72. The first-order chi connectivity index (χ1) is 63.1. The summed E-state index contributed by atoms with van der Waals surface area (Å²) >= 11 is 0.700. The summed E-state index contributed by atoms with van der Waals surface area (Å²) < 4.78 is 0. The first kappa shape index (κ1) is 105. The van der Waals surface area contributed by atoms with Crippen molar-refractivity contribution in [2.75, 3.05) is 58.8 Å². The van der Waals surface area contributed by atoms with Crippen molar-refractivity contribution in [2.24, 2.45) is 29.0 Å². The number of carboxylic acids is 2. The Morgan fingerprint density at radius 3 is 1.64 bits per heavy atom. The van der Waals surface area contributed by atoms with Crippen LogP contribution in [-0.4, -0.2) is 311 Å². The Balaban J connectivity index is 1.20. The van der Waals surface area contributed by atoms with Crippen LogP contribution in [0.25, 0.3) is 21.8 Å². The number of carboxylic acid groups (broad SMARTS) is 2. The maximum absolute atomic E-state index is 15.8. The molecule has 3 aromatic carbocycles. The summed E-state index contributed by atoms with van der Waals surface area (Å²) in [6.07, 6.45) is -2.34. The largest absolute Gasteiger partial charge is 0.508 e. The molecular formula is C90H125N19O23S. The van der Waals surface area contributed by atoms with Crippen LogP contribution in [-0.2, 0) is 110 Å². The Morgan fingerprint density at radius 1 is 0.541 bits per heavy atom. The van der Waals surface area contributed by atoms with E-state index in [2.05, 4.69) is 57.8 Å². The number of primary amides is 2. The van der Waals surface area contributed by atoms with E-state index in [0.29, 0.717) is 63.1 Å². The number of nitrogens with one attached hydrogen (secondary N) is 11. The number of phenols is 1. The second kappa shape index (κ2) is 50.0. The summed E-state index contributed by atoms with van der Waals surface area (Å²) in [6, 6.07) is -1.28. The number of benzene rings is 3. The van der Waals surface area contributed by atoms with Crippen molar-refractivity contribution >= 4 is 146 Å². The van der Waals surface area contributed by atoms with Crippen molar-refractivity contribution in [1.82, 2.24) is 82.3 Å². The van der Waals surface area contributed by atoms with Crippen LogP contribution in [0.5, 0.6) is 5.75 Å². The molecule has 16 amide bonds. The number of aromatic hydroxyl groups is 1. The van der Waals surface area contributed by atoms with Crippen molar-refractivity contribution in [3.8, 4) is 5.75 Å². The van der Waals surface area contributed by atoms with Gasteiger partial charge < -0.3 is 120 Å². The van der Waals surface area contributed by atoms with E-state index in [4.69, 9.17) is 17.2 Å². The minimum Gasteiger partial charge on any atom is -0.508 e. The average molecular weight is 1870 g/mol. The summed E-state index contributed by atoms with van der Waals surface area (Å²) in [5.41, 5.74) is 19.8. The van der Waals surface area contributed by atoms with Gasteiger partial charge in [0.1, 0.15) is 78.3 Å². The first-order valence-electron chi connectivity index (χ1n) is 44.6. The number of Topliss-reactive ketones (excluding diaryl/α,β-unsaturated/α-hetero) is 1. The molecule has 0 spiro atoms. The number of unbranched alkanes of at least 4 members (excludes halogenated alkanes) is 2. The monoisotopic (exact) mass is 1870 g/mol. The fourth-order valence-corrected chi connectivity index (χ4v) is 17.4. The van der Waals surface area contributed by atoms with E-state index in [1.54, 1.807) is 81.7 Å². The lowest BCUT2D eigenvalue weighted by atomic mass is 9.89. The second-order valence-electron chi connectivity index (χ2n) is 34.4. The molecule has 0 unspecified atom stereocenters. The number of thioether (sulfide) groups is 1. The number of aromatic nitrogens is 2. The number of nitrogens with zero attached hydrogens (tertiary/aromatic N) is 5. The molecule has 3 saturated heterocycles.